The molecular formula is C22H19ClN4O4S. The van der Waals surface area contributed by atoms with Crippen molar-refractivity contribution in [2.24, 2.45) is 7.05 Å². The van der Waals surface area contributed by atoms with Crippen LogP contribution in [-0.4, -0.2) is 39.0 Å². The first kappa shape index (κ1) is 21.9. The summed E-state index contributed by atoms with van der Waals surface area (Å²) in [5.41, 5.74) is 1.41. The van der Waals surface area contributed by atoms with Gasteiger partial charge in [-0.3, -0.25) is 4.79 Å². The molecule has 2 aromatic heterocycles. The number of anilines is 1. The summed E-state index contributed by atoms with van der Waals surface area (Å²) in [6, 6.07) is 14.2. The molecular weight excluding hydrogens is 452 g/mol. The van der Waals surface area contributed by atoms with E-state index in [4.69, 9.17) is 20.8 Å². The summed E-state index contributed by atoms with van der Waals surface area (Å²) in [7, 11) is 1.81. The fourth-order valence-electron chi connectivity index (χ4n) is 3.03. The number of furan rings is 1. The number of benzene rings is 2. The van der Waals surface area contributed by atoms with Crippen molar-refractivity contribution in [2.45, 2.75) is 12.1 Å². The molecule has 0 spiro atoms. The lowest BCUT2D eigenvalue weighted by Gasteiger charge is -2.09. The first-order valence-corrected chi connectivity index (χ1v) is 11.1. The maximum atomic E-state index is 12.5. The Kier molecular flexibility index (Phi) is 6.48. The molecule has 1 amide bonds. The Labute approximate surface area is 192 Å². The molecule has 0 saturated heterocycles. The number of carbonyl (C=O) groups excluding carboxylic acids is 2. The molecule has 2 heterocycles. The molecule has 4 aromatic rings. The highest BCUT2D eigenvalue weighted by Gasteiger charge is 2.17. The standard InChI is InChI=1S/C22H19ClN4O4S/c1-3-30-21(29)14-8-9-15(23)16(10-14)24-19(28)12-32-22-26-25-20(27(22)2)18-11-13-6-4-5-7-17(13)31-18/h4-11H,3,12H2,1-2H3,(H,24,28). The first-order valence-electron chi connectivity index (χ1n) is 9.74. The van der Waals surface area contributed by atoms with E-state index in [-0.39, 0.29) is 18.3 Å². The number of esters is 1. The molecule has 0 fully saturated rings. The average Bonchev–Trinajstić information content (AvgIpc) is 3.37. The van der Waals surface area contributed by atoms with Crippen LogP contribution in [-0.2, 0) is 16.6 Å². The highest BCUT2D eigenvalue weighted by Crippen LogP contribution is 2.29. The number of halogens is 1. The molecule has 0 bridgehead atoms. The van der Waals surface area contributed by atoms with Crippen LogP contribution in [0.2, 0.25) is 5.02 Å². The van der Waals surface area contributed by atoms with Crippen LogP contribution in [0.1, 0.15) is 17.3 Å². The van der Waals surface area contributed by atoms with E-state index in [1.54, 1.807) is 23.6 Å². The van der Waals surface area contributed by atoms with Gasteiger partial charge in [0.15, 0.2) is 16.7 Å². The summed E-state index contributed by atoms with van der Waals surface area (Å²) in [5.74, 6) is 0.457. The molecule has 0 aliphatic carbocycles. The number of rotatable bonds is 7. The van der Waals surface area contributed by atoms with Crippen LogP contribution in [0.5, 0.6) is 0 Å². The number of ether oxygens (including phenoxy) is 1. The number of hydrogen-bond donors (Lipinski definition) is 1. The van der Waals surface area contributed by atoms with E-state index in [9.17, 15) is 9.59 Å². The zero-order chi connectivity index (χ0) is 22.7. The van der Waals surface area contributed by atoms with E-state index in [1.165, 1.54) is 17.8 Å². The third-order valence-electron chi connectivity index (χ3n) is 4.56. The second-order valence-corrected chi connectivity index (χ2v) is 8.12. The van der Waals surface area contributed by atoms with Gasteiger partial charge in [-0.2, -0.15) is 0 Å². The second kappa shape index (κ2) is 9.46. The Morgan fingerprint density at radius 1 is 1.19 bits per heavy atom. The Hall–Kier alpha value is -3.30. The van der Waals surface area contributed by atoms with Crippen molar-refractivity contribution in [1.29, 1.82) is 0 Å². The maximum Gasteiger partial charge on any atom is 0.338 e. The third kappa shape index (κ3) is 4.63. The summed E-state index contributed by atoms with van der Waals surface area (Å²) >= 11 is 7.38. The van der Waals surface area contributed by atoms with Crippen LogP contribution in [0.25, 0.3) is 22.6 Å². The van der Waals surface area contributed by atoms with Gasteiger partial charge in [0.25, 0.3) is 0 Å². The normalized spacial score (nSPS) is 11.0. The molecule has 0 saturated carbocycles. The van der Waals surface area contributed by atoms with Gasteiger partial charge in [0.2, 0.25) is 5.91 Å². The van der Waals surface area contributed by atoms with Crippen molar-refractivity contribution in [3.63, 3.8) is 0 Å². The average molecular weight is 471 g/mol. The number of thioether (sulfide) groups is 1. The number of carbonyl (C=O) groups is 2. The number of nitrogens with one attached hydrogen (secondary N) is 1. The molecule has 32 heavy (non-hydrogen) atoms. The van der Waals surface area contributed by atoms with Crippen LogP contribution in [0.4, 0.5) is 5.69 Å². The van der Waals surface area contributed by atoms with E-state index >= 15 is 0 Å². The molecule has 0 unspecified atom stereocenters. The van der Waals surface area contributed by atoms with E-state index in [2.05, 4.69) is 15.5 Å². The molecule has 0 aliphatic rings. The number of hydrogen-bond acceptors (Lipinski definition) is 7. The summed E-state index contributed by atoms with van der Waals surface area (Å²) in [4.78, 5) is 24.4. The van der Waals surface area contributed by atoms with Crippen molar-refractivity contribution < 1.29 is 18.7 Å². The van der Waals surface area contributed by atoms with Gasteiger partial charge in [-0.25, -0.2) is 4.79 Å². The largest absolute Gasteiger partial charge is 0.462 e. The molecule has 8 nitrogen and oxygen atoms in total. The van der Waals surface area contributed by atoms with E-state index in [1.807, 2.05) is 37.4 Å². The SMILES string of the molecule is CCOC(=O)c1ccc(Cl)c(NC(=O)CSc2nnc(-c3cc4ccccc4o3)n2C)c1. The minimum Gasteiger partial charge on any atom is -0.462 e. The van der Waals surface area contributed by atoms with Gasteiger partial charge in [0.1, 0.15) is 5.58 Å². The lowest BCUT2D eigenvalue weighted by Crippen LogP contribution is -2.15. The van der Waals surface area contributed by atoms with Gasteiger partial charge in [-0.1, -0.05) is 41.6 Å². The second-order valence-electron chi connectivity index (χ2n) is 6.77. The highest BCUT2D eigenvalue weighted by molar-refractivity contribution is 7.99. The van der Waals surface area contributed by atoms with E-state index < -0.39 is 5.97 Å². The van der Waals surface area contributed by atoms with Gasteiger partial charge in [-0.15, -0.1) is 10.2 Å². The van der Waals surface area contributed by atoms with E-state index in [0.29, 0.717) is 33.0 Å². The number of amides is 1. The number of fused-ring (bicyclic) bond motifs is 1. The van der Waals surface area contributed by atoms with E-state index in [0.717, 1.165) is 11.0 Å². The molecule has 0 atom stereocenters. The van der Waals surface area contributed by atoms with Gasteiger partial charge in [0.05, 0.1) is 28.6 Å². The Morgan fingerprint density at radius 3 is 2.78 bits per heavy atom. The number of nitrogens with zero attached hydrogens (tertiary/aromatic N) is 3. The van der Waals surface area contributed by atoms with Gasteiger partial charge in [0, 0.05) is 12.4 Å². The summed E-state index contributed by atoms with van der Waals surface area (Å²) in [6.07, 6.45) is 0. The predicted molar refractivity (Wildman–Crippen MR) is 123 cm³/mol. The van der Waals surface area contributed by atoms with Crippen LogP contribution in [0.3, 0.4) is 0 Å². The topological polar surface area (TPSA) is 99.2 Å². The van der Waals surface area contributed by atoms with Crippen LogP contribution in [0.15, 0.2) is 58.1 Å². The monoisotopic (exact) mass is 470 g/mol. The molecule has 10 heteroatoms. The van der Waals surface area contributed by atoms with Crippen molar-refractivity contribution in [2.75, 3.05) is 17.7 Å². The number of para-hydroxylation sites is 1. The third-order valence-corrected chi connectivity index (χ3v) is 5.91. The van der Waals surface area contributed by atoms with Crippen molar-refractivity contribution in [3.8, 4) is 11.6 Å². The molecule has 0 radical (unpaired) electrons. The molecule has 4 rings (SSSR count). The Bertz CT molecular complexity index is 1270. The van der Waals surface area contributed by atoms with Crippen LogP contribution >= 0.6 is 23.4 Å². The van der Waals surface area contributed by atoms with Gasteiger partial charge >= 0.3 is 5.97 Å². The molecule has 1 N–H and O–H groups in total. The zero-order valence-corrected chi connectivity index (χ0v) is 18.9. The maximum absolute atomic E-state index is 12.5. The number of aromatic nitrogens is 3. The predicted octanol–water partition coefficient (Wildman–Crippen LogP) is 4.79. The fourth-order valence-corrected chi connectivity index (χ4v) is 3.90. The zero-order valence-electron chi connectivity index (χ0n) is 17.3. The van der Waals surface area contributed by atoms with Crippen molar-refractivity contribution in [3.05, 3.63) is 59.1 Å². The highest BCUT2D eigenvalue weighted by atomic mass is 35.5. The molecule has 164 valence electrons. The molecule has 2 aromatic carbocycles. The molecule has 0 aliphatic heterocycles. The Morgan fingerprint density at radius 2 is 2.00 bits per heavy atom. The lowest BCUT2D eigenvalue weighted by atomic mass is 10.2. The van der Waals surface area contributed by atoms with Crippen molar-refractivity contribution in [1.82, 2.24) is 14.8 Å². The summed E-state index contributed by atoms with van der Waals surface area (Å²) in [5, 5.41) is 12.9. The van der Waals surface area contributed by atoms with Crippen LogP contribution < -0.4 is 5.32 Å². The lowest BCUT2D eigenvalue weighted by molar-refractivity contribution is -0.113. The summed E-state index contributed by atoms with van der Waals surface area (Å²) < 4.78 is 12.6. The van der Waals surface area contributed by atoms with Gasteiger partial charge in [-0.05, 0) is 37.3 Å². The fraction of sp³-hybridized carbons (Fsp3) is 0.182. The minimum atomic E-state index is -0.480. The Balaban J connectivity index is 1.43. The minimum absolute atomic E-state index is 0.0755. The first-order chi connectivity index (χ1) is 15.5. The summed E-state index contributed by atoms with van der Waals surface area (Å²) in [6.45, 7) is 1.98. The quantitative estimate of drug-likeness (QED) is 0.306. The van der Waals surface area contributed by atoms with Gasteiger partial charge < -0.3 is 19.0 Å². The smallest absolute Gasteiger partial charge is 0.338 e. The van der Waals surface area contributed by atoms with Crippen molar-refractivity contribution >= 4 is 51.9 Å². The van der Waals surface area contributed by atoms with Crippen LogP contribution in [0, 0.1) is 0 Å².